The van der Waals surface area contributed by atoms with Crippen LogP contribution in [0, 0.1) is 0 Å². The van der Waals surface area contributed by atoms with E-state index in [0.29, 0.717) is 5.65 Å². The lowest BCUT2D eigenvalue weighted by Gasteiger charge is -2.18. The highest BCUT2D eigenvalue weighted by molar-refractivity contribution is 5.88. The van der Waals surface area contributed by atoms with Crippen LogP contribution in [0.15, 0.2) is 18.9 Å². The summed E-state index contributed by atoms with van der Waals surface area (Å²) in [6, 6.07) is 0. The number of carboxylic acid groups (broad SMARTS) is 3. The van der Waals surface area contributed by atoms with Gasteiger partial charge in [-0.1, -0.05) is 0 Å². The maximum atomic E-state index is 10.3. The summed E-state index contributed by atoms with van der Waals surface area (Å²) < 4.78 is 0. The molecule has 0 atom stereocenters. The molecular formula is C11H12N4O7. The molecule has 118 valence electrons. The summed E-state index contributed by atoms with van der Waals surface area (Å²) in [4.78, 5) is 45.0. The summed E-state index contributed by atoms with van der Waals surface area (Å²) in [5.74, 6) is -5.02. The van der Waals surface area contributed by atoms with Crippen molar-refractivity contribution in [1.29, 1.82) is 0 Å². The maximum Gasteiger partial charge on any atom is 0.336 e. The summed E-state index contributed by atoms with van der Waals surface area (Å²) in [6.07, 6.45) is 2.47. The number of imidazole rings is 1. The molecule has 0 fully saturated rings. The second-order valence-corrected chi connectivity index (χ2v) is 4.14. The minimum atomic E-state index is -2.74. The van der Waals surface area contributed by atoms with Crippen LogP contribution in [0.5, 0.6) is 0 Å². The van der Waals surface area contributed by atoms with Gasteiger partial charge in [-0.3, -0.25) is 9.59 Å². The van der Waals surface area contributed by atoms with Crippen LogP contribution >= 0.6 is 0 Å². The first kappa shape index (κ1) is 17.0. The van der Waals surface area contributed by atoms with E-state index in [-0.39, 0.29) is 0 Å². The maximum absolute atomic E-state index is 10.3. The first-order chi connectivity index (χ1) is 10.2. The number of aromatic nitrogens is 4. The Morgan fingerprint density at radius 1 is 1.09 bits per heavy atom. The Labute approximate surface area is 122 Å². The molecule has 11 nitrogen and oxygen atoms in total. The van der Waals surface area contributed by atoms with Gasteiger partial charge >= 0.3 is 17.9 Å². The lowest BCUT2D eigenvalue weighted by Crippen LogP contribution is -2.42. The molecule has 0 radical (unpaired) electrons. The van der Waals surface area contributed by atoms with Crippen LogP contribution < -0.4 is 0 Å². The third-order valence-corrected chi connectivity index (χ3v) is 2.38. The van der Waals surface area contributed by atoms with Crippen molar-refractivity contribution in [3.8, 4) is 0 Å². The third-order valence-electron chi connectivity index (χ3n) is 2.38. The zero-order valence-electron chi connectivity index (χ0n) is 11.0. The van der Waals surface area contributed by atoms with Crippen LogP contribution in [0.25, 0.3) is 11.2 Å². The van der Waals surface area contributed by atoms with Gasteiger partial charge in [0.25, 0.3) is 0 Å². The molecule has 2 rings (SSSR count). The Balaban J connectivity index is 0.000000231. The van der Waals surface area contributed by atoms with Crippen molar-refractivity contribution in [2.45, 2.75) is 18.4 Å². The average molecular weight is 312 g/mol. The fourth-order valence-electron chi connectivity index (χ4n) is 1.40. The van der Waals surface area contributed by atoms with Gasteiger partial charge in [-0.25, -0.2) is 19.7 Å². The number of nitrogens with one attached hydrogen (secondary N) is 1. The smallest absolute Gasteiger partial charge is 0.336 e. The highest BCUT2D eigenvalue weighted by Crippen LogP contribution is 2.15. The number of carbonyl (C=O) groups is 3. The van der Waals surface area contributed by atoms with Crippen LogP contribution in [0.4, 0.5) is 0 Å². The van der Waals surface area contributed by atoms with Crippen LogP contribution in [0.2, 0.25) is 0 Å². The normalized spacial score (nSPS) is 10.6. The lowest BCUT2D eigenvalue weighted by atomic mass is 9.96. The fourth-order valence-corrected chi connectivity index (χ4v) is 1.40. The zero-order valence-corrected chi connectivity index (χ0v) is 11.0. The highest BCUT2D eigenvalue weighted by Gasteiger charge is 2.40. The van der Waals surface area contributed by atoms with E-state index in [0.717, 1.165) is 5.52 Å². The number of hydrogen-bond donors (Lipinski definition) is 5. The standard InChI is InChI=1S/C6H8O7.C5H4N4/c7-3(8)1-6(13,5(11)12)2-4(9)10;1-4-5(8-2-6-1)9-3-7-4/h13H,1-2H2,(H,7,8)(H,9,10)(H,11,12);1-3H,(H,6,7,8,9). The number of aliphatic carboxylic acids is 3. The molecule has 0 aromatic carbocycles. The Morgan fingerprint density at radius 2 is 1.68 bits per heavy atom. The Hall–Kier alpha value is -3.08. The number of H-pyrrole nitrogens is 1. The topological polar surface area (TPSA) is 187 Å². The summed E-state index contributed by atoms with van der Waals surface area (Å²) in [5.41, 5.74) is -1.15. The molecule has 0 saturated heterocycles. The second-order valence-electron chi connectivity index (χ2n) is 4.14. The molecule has 2 aromatic heterocycles. The van der Waals surface area contributed by atoms with E-state index >= 15 is 0 Å². The number of aromatic amines is 1. The number of hydrogen-bond acceptors (Lipinski definition) is 7. The number of aliphatic hydroxyl groups is 1. The van der Waals surface area contributed by atoms with Crippen LogP contribution in [0.3, 0.4) is 0 Å². The van der Waals surface area contributed by atoms with Crippen molar-refractivity contribution >= 4 is 29.1 Å². The molecule has 0 bridgehead atoms. The largest absolute Gasteiger partial charge is 0.481 e. The van der Waals surface area contributed by atoms with Gasteiger partial charge in [0, 0.05) is 0 Å². The molecule has 0 spiro atoms. The van der Waals surface area contributed by atoms with Gasteiger partial charge in [-0.05, 0) is 0 Å². The van der Waals surface area contributed by atoms with Crippen molar-refractivity contribution in [3.63, 3.8) is 0 Å². The minimum absolute atomic E-state index is 0.713. The van der Waals surface area contributed by atoms with E-state index in [4.69, 9.17) is 20.4 Å². The SMILES string of the molecule is O=C(O)CC(O)(CC(=O)O)C(=O)O.c1ncc2[nH]cnc2n1. The Bertz CT molecular complexity index is 638. The van der Waals surface area contributed by atoms with Crippen LogP contribution in [-0.4, -0.2) is 63.9 Å². The number of nitrogens with zero attached hydrogens (tertiary/aromatic N) is 3. The zero-order chi connectivity index (χ0) is 16.8. The number of rotatable bonds is 5. The van der Waals surface area contributed by atoms with E-state index in [2.05, 4.69) is 19.9 Å². The van der Waals surface area contributed by atoms with Gasteiger partial charge in [0.2, 0.25) is 0 Å². The van der Waals surface area contributed by atoms with Crippen LogP contribution in [-0.2, 0) is 14.4 Å². The quantitative estimate of drug-likeness (QED) is 0.463. The predicted molar refractivity (Wildman–Crippen MR) is 68.8 cm³/mol. The summed E-state index contributed by atoms with van der Waals surface area (Å²) in [7, 11) is 0. The van der Waals surface area contributed by atoms with Gasteiger partial charge in [-0.15, -0.1) is 0 Å². The molecule has 2 aromatic rings. The second kappa shape index (κ2) is 7.08. The van der Waals surface area contributed by atoms with Gasteiger partial charge in [0.1, 0.15) is 11.8 Å². The first-order valence-corrected chi connectivity index (χ1v) is 5.73. The molecule has 2 heterocycles. The van der Waals surface area contributed by atoms with Gasteiger partial charge in [0.15, 0.2) is 11.2 Å². The molecule has 22 heavy (non-hydrogen) atoms. The van der Waals surface area contributed by atoms with Crippen molar-refractivity contribution in [2.75, 3.05) is 0 Å². The first-order valence-electron chi connectivity index (χ1n) is 5.73. The van der Waals surface area contributed by atoms with Crippen molar-refractivity contribution in [2.24, 2.45) is 0 Å². The van der Waals surface area contributed by atoms with Crippen LogP contribution in [0.1, 0.15) is 12.8 Å². The monoisotopic (exact) mass is 312 g/mol. The van der Waals surface area contributed by atoms with E-state index in [1.165, 1.54) is 6.33 Å². The number of carboxylic acids is 3. The molecule has 0 aliphatic carbocycles. The molecule has 0 amide bonds. The van der Waals surface area contributed by atoms with E-state index in [1.54, 1.807) is 12.5 Å². The molecule has 0 aliphatic rings. The average Bonchev–Trinajstić information content (AvgIpc) is 2.85. The van der Waals surface area contributed by atoms with Crippen molar-refractivity contribution < 1.29 is 34.8 Å². The van der Waals surface area contributed by atoms with E-state index in [1.807, 2.05) is 0 Å². The van der Waals surface area contributed by atoms with E-state index < -0.39 is 36.4 Å². The molecule has 0 aliphatic heterocycles. The summed E-state index contributed by atoms with van der Waals surface area (Å²) in [5, 5.41) is 33.8. The van der Waals surface area contributed by atoms with Crippen molar-refractivity contribution in [3.05, 3.63) is 18.9 Å². The molecule has 11 heteroatoms. The third kappa shape index (κ3) is 4.79. The molecule has 5 N–H and O–H groups in total. The van der Waals surface area contributed by atoms with Gasteiger partial charge in [0.05, 0.1) is 25.4 Å². The summed E-state index contributed by atoms with van der Waals surface area (Å²) in [6.45, 7) is 0. The molecule has 0 unspecified atom stereocenters. The molecule has 0 saturated carbocycles. The Kier molecular flexibility index (Phi) is 5.46. The Morgan fingerprint density at radius 3 is 2.14 bits per heavy atom. The van der Waals surface area contributed by atoms with Crippen molar-refractivity contribution in [1.82, 2.24) is 19.9 Å². The van der Waals surface area contributed by atoms with Gasteiger partial charge in [-0.2, -0.15) is 0 Å². The molecular weight excluding hydrogens is 300 g/mol. The minimum Gasteiger partial charge on any atom is -0.481 e. The fraction of sp³-hybridized carbons (Fsp3) is 0.273. The number of fused-ring (bicyclic) bond motifs is 1. The van der Waals surface area contributed by atoms with E-state index in [9.17, 15) is 14.4 Å². The van der Waals surface area contributed by atoms with Gasteiger partial charge < -0.3 is 25.4 Å². The highest BCUT2D eigenvalue weighted by atomic mass is 16.4. The predicted octanol–water partition coefficient (Wildman–Crippen LogP) is -0.896. The summed E-state index contributed by atoms with van der Waals surface area (Å²) >= 11 is 0. The lowest BCUT2D eigenvalue weighted by molar-refractivity contribution is -0.170.